The van der Waals surface area contributed by atoms with Crippen molar-refractivity contribution in [3.63, 3.8) is 0 Å². The summed E-state index contributed by atoms with van der Waals surface area (Å²) in [4.78, 5) is 45.2. The SMILES string of the molecule is CC(NC(=O)C(CO)NC(=O)C(CO)NC(=O)CN)C(=O)O. The molecule has 0 aliphatic rings. The van der Waals surface area contributed by atoms with Crippen LogP contribution in [-0.2, 0) is 19.2 Å². The van der Waals surface area contributed by atoms with Crippen molar-refractivity contribution in [3.8, 4) is 0 Å². The fraction of sp³-hybridized carbons (Fsp3) is 0.636. The first-order valence-corrected chi connectivity index (χ1v) is 6.31. The van der Waals surface area contributed by atoms with E-state index in [0.29, 0.717) is 0 Å². The lowest BCUT2D eigenvalue weighted by Gasteiger charge is -2.21. The number of carbonyl (C=O) groups is 4. The monoisotopic (exact) mass is 320 g/mol. The molecule has 0 radical (unpaired) electrons. The van der Waals surface area contributed by atoms with E-state index in [4.69, 9.17) is 21.1 Å². The number of aliphatic hydroxyl groups is 2. The number of nitrogens with one attached hydrogen (secondary N) is 3. The molecule has 0 aromatic carbocycles. The predicted molar refractivity (Wildman–Crippen MR) is 72.3 cm³/mol. The van der Waals surface area contributed by atoms with Crippen LogP contribution in [0.3, 0.4) is 0 Å². The summed E-state index contributed by atoms with van der Waals surface area (Å²) in [6.07, 6.45) is 0. The Kier molecular flexibility index (Phi) is 8.67. The van der Waals surface area contributed by atoms with Gasteiger partial charge in [-0.1, -0.05) is 0 Å². The Morgan fingerprint density at radius 2 is 1.41 bits per heavy atom. The van der Waals surface area contributed by atoms with Crippen LogP contribution in [0.15, 0.2) is 0 Å². The van der Waals surface area contributed by atoms with Gasteiger partial charge in [-0.05, 0) is 6.92 Å². The maximum atomic E-state index is 11.8. The Morgan fingerprint density at radius 1 is 0.955 bits per heavy atom. The van der Waals surface area contributed by atoms with E-state index >= 15 is 0 Å². The smallest absolute Gasteiger partial charge is 0.325 e. The molecule has 126 valence electrons. The first-order chi connectivity index (χ1) is 10.3. The van der Waals surface area contributed by atoms with Crippen molar-refractivity contribution in [1.82, 2.24) is 16.0 Å². The van der Waals surface area contributed by atoms with Crippen LogP contribution in [0.1, 0.15) is 6.92 Å². The van der Waals surface area contributed by atoms with E-state index in [9.17, 15) is 19.2 Å². The third-order valence-electron chi connectivity index (χ3n) is 2.56. The van der Waals surface area contributed by atoms with Crippen molar-refractivity contribution in [2.75, 3.05) is 19.8 Å². The second kappa shape index (κ2) is 9.65. The number of amides is 3. The Bertz CT molecular complexity index is 429. The number of hydrogen-bond donors (Lipinski definition) is 7. The highest BCUT2D eigenvalue weighted by molar-refractivity contribution is 5.93. The number of carboxylic acids is 1. The first kappa shape index (κ1) is 19.8. The maximum Gasteiger partial charge on any atom is 0.325 e. The number of carbonyl (C=O) groups excluding carboxylic acids is 3. The second-order valence-corrected chi connectivity index (χ2v) is 4.32. The van der Waals surface area contributed by atoms with Gasteiger partial charge in [0.15, 0.2) is 0 Å². The molecule has 8 N–H and O–H groups in total. The van der Waals surface area contributed by atoms with Gasteiger partial charge < -0.3 is 37.0 Å². The van der Waals surface area contributed by atoms with Crippen LogP contribution >= 0.6 is 0 Å². The zero-order valence-corrected chi connectivity index (χ0v) is 11.9. The molecule has 3 amide bonds. The Labute approximate surface area is 125 Å². The summed E-state index contributed by atoms with van der Waals surface area (Å²) in [6.45, 7) is -0.742. The minimum absolute atomic E-state index is 0.399. The van der Waals surface area contributed by atoms with Crippen LogP contribution < -0.4 is 21.7 Å². The summed E-state index contributed by atoms with van der Waals surface area (Å²) in [5, 5.41) is 33.0. The Morgan fingerprint density at radius 3 is 1.82 bits per heavy atom. The van der Waals surface area contributed by atoms with Gasteiger partial charge in [-0.25, -0.2) is 0 Å². The summed E-state index contributed by atoms with van der Waals surface area (Å²) >= 11 is 0. The molecule has 0 aromatic heterocycles. The molecule has 0 spiro atoms. The van der Waals surface area contributed by atoms with Gasteiger partial charge >= 0.3 is 5.97 Å². The normalized spacial score (nSPS) is 14.4. The van der Waals surface area contributed by atoms with Gasteiger partial charge in [0.05, 0.1) is 19.8 Å². The molecule has 0 aromatic rings. The van der Waals surface area contributed by atoms with E-state index in [2.05, 4.69) is 16.0 Å². The van der Waals surface area contributed by atoms with Crippen molar-refractivity contribution in [2.24, 2.45) is 5.73 Å². The topological polar surface area (TPSA) is 191 Å². The average molecular weight is 320 g/mol. The van der Waals surface area contributed by atoms with Gasteiger partial charge in [-0.2, -0.15) is 0 Å². The van der Waals surface area contributed by atoms with Crippen LogP contribution in [0.25, 0.3) is 0 Å². The summed E-state index contributed by atoms with van der Waals surface area (Å²) in [7, 11) is 0. The minimum Gasteiger partial charge on any atom is -0.480 e. The molecule has 0 aliphatic heterocycles. The van der Waals surface area contributed by atoms with E-state index in [-0.39, 0.29) is 0 Å². The van der Waals surface area contributed by atoms with Crippen molar-refractivity contribution >= 4 is 23.7 Å². The standard InChI is InChI=1S/C11H20N4O7/c1-5(11(21)22)13-9(19)7(4-17)15-10(20)6(3-16)14-8(18)2-12/h5-7,16-17H,2-4,12H2,1H3,(H,13,19)(H,14,18)(H,15,20)(H,21,22). The Hall–Kier alpha value is -2.24. The molecule has 0 saturated carbocycles. The first-order valence-electron chi connectivity index (χ1n) is 6.31. The molecule has 0 rings (SSSR count). The van der Waals surface area contributed by atoms with E-state index in [1.165, 1.54) is 6.92 Å². The van der Waals surface area contributed by atoms with Crippen molar-refractivity contribution < 1.29 is 34.5 Å². The highest BCUT2D eigenvalue weighted by atomic mass is 16.4. The Balaban J connectivity index is 4.70. The molecular formula is C11H20N4O7. The van der Waals surface area contributed by atoms with Gasteiger partial charge in [0.1, 0.15) is 18.1 Å². The summed E-state index contributed by atoms with van der Waals surface area (Å²) in [5.74, 6) is -3.84. The maximum absolute atomic E-state index is 11.8. The second-order valence-electron chi connectivity index (χ2n) is 4.32. The molecule has 0 heterocycles. The van der Waals surface area contributed by atoms with Gasteiger partial charge in [0, 0.05) is 0 Å². The number of carboxylic acid groups (broad SMARTS) is 1. The highest BCUT2D eigenvalue weighted by Crippen LogP contribution is 1.91. The summed E-state index contributed by atoms with van der Waals surface area (Å²) < 4.78 is 0. The zero-order chi connectivity index (χ0) is 17.3. The zero-order valence-electron chi connectivity index (χ0n) is 11.9. The molecule has 11 heteroatoms. The minimum atomic E-state index is -1.43. The van der Waals surface area contributed by atoms with Crippen LogP contribution in [0, 0.1) is 0 Å². The molecule has 0 fully saturated rings. The van der Waals surface area contributed by atoms with E-state index < -0.39 is 61.6 Å². The summed E-state index contributed by atoms with van der Waals surface area (Å²) in [6, 6.07) is -4.00. The molecule has 0 bridgehead atoms. The number of aliphatic hydroxyl groups excluding tert-OH is 2. The van der Waals surface area contributed by atoms with E-state index in [1.54, 1.807) is 0 Å². The lowest BCUT2D eigenvalue weighted by Crippen LogP contribution is -2.57. The molecule has 0 aliphatic carbocycles. The molecular weight excluding hydrogens is 300 g/mol. The van der Waals surface area contributed by atoms with Crippen LogP contribution in [0.4, 0.5) is 0 Å². The fourth-order valence-electron chi connectivity index (χ4n) is 1.29. The van der Waals surface area contributed by atoms with Crippen molar-refractivity contribution in [3.05, 3.63) is 0 Å². The quantitative estimate of drug-likeness (QED) is 0.221. The predicted octanol–water partition coefficient (Wildman–Crippen LogP) is -4.51. The van der Waals surface area contributed by atoms with Gasteiger partial charge in [-0.3, -0.25) is 19.2 Å². The summed E-state index contributed by atoms with van der Waals surface area (Å²) in [5.41, 5.74) is 5.05. The van der Waals surface area contributed by atoms with Crippen molar-refractivity contribution in [2.45, 2.75) is 25.0 Å². The average Bonchev–Trinajstić information content (AvgIpc) is 2.48. The number of aliphatic carboxylic acids is 1. The molecule has 3 unspecified atom stereocenters. The van der Waals surface area contributed by atoms with Crippen LogP contribution in [0.5, 0.6) is 0 Å². The molecule has 11 nitrogen and oxygen atoms in total. The fourth-order valence-corrected chi connectivity index (χ4v) is 1.29. The van der Waals surface area contributed by atoms with E-state index in [1.807, 2.05) is 0 Å². The van der Waals surface area contributed by atoms with E-state index in [0.717, 1.165) is 0 Å². The number of hydrogen-bond acceptors (Lipinski definition) is 7. The van der Waals surface area contributed by atoms with Crippen molar-refractivity contribution in [1.29, 1.82) is 0 Å². The molecule has 0 saturated heterocycles. The lowest BCUT2D eigenvalue weighted by molar-refractivity contribution is -0.142. The number of nitrogens with two attached hydrogens (primary N) is 1. The van der Waals surface area contributed by atoms with Gasteiger partial charge in [0.25, 0.3) is 0 Å². The van der Waals surface area contributed by atoms with Crippen LogP contribution in [-0.4, -0.2) is 76.9 Å². The molecule has 3 atom stereocenters. The van der Waals surface area contributed by atoms with Crippen LogP contribution in [0.2, 0.25) is 0 Å². The molecule has 22 heavy (non-hydrogen) atoms. The third-order valence-corrected chi connectivity index (χ3v) is 2.56. The van der Waals surface area contributed by atoms with Gasteiger partial charge in [0.2, 0.25) is 17.7 Å². The number of rotatable bonds is 9. The van der Waals surface area contributed by atoms with Gasteiger partial charge in [-0.15, -0.1) is 0 Å². The third kappa shape index (κ3) is 6.47. The largest absolute Gasteiger partial charge is 0.480 e. The highest BCUT2D eigenvalue weighted by Gasteiger charge is 2.27. The lowest BCUT2D eigenvalue weighted by atomic mass is 10.2.